The molecule has 2 fully saturated rings. The molecule has 4 nitrogen and oxygen atoms in total. The van der Waals surface area contributed by atoms with E-state index in [1.807, 2.05) is 11.1 Å². The van der Waals surface area contributed by atoms with Crippen molar-refractivity contribution in [3.8, 4) is 0 Å². The van der Waals surface area contributed by atoms with Crippen molar-refractivity contribution in [2.45, 2.75) is 25.3 Å². The highest BCUT2D eigenvalue weighted by atomic mass is 16.2. The number of anilines is 1. The largest absolute Gasteiger partial charge is 0.310 e. The molecule has 2 aliphatic heterocycles. The van der Waals surface area contributed by atoms with Crippen LogP contribution in [0.25, 0.3) is 0 Å². The Morgan fingerprint density at radius 2 is 2.18 bits per heavy atom. The second-order valence-corrected chi connectivity index (χ2v) is 4.64. The summed E-state index contributed by atoms with van der Waals surface area (Å²) in [5, 5.41) is 5.48. The summed E-state index contributed by atoms with van der Waals surface area (Å²) >= 11 is 0. The number of nitrogens with one attached hydrogen (secondary N) is 2. The first-order valence-corrected chi connectivity index (χ1v) is 6.24. The molecule has 4 heteroatoms. The van der Waals surface area contributed by atoms with Crippen LogP contribution in [0.15, 0.2) is 24.3 Å². The molecule has 2 aliphatic rings. The Balaban J connectivity index is 1.90. The van der Waals surface area contributed by atoms with Gasteiger partial charge in [0, 0.05) is 19.0 Å². The molecular weight excluding hydrogens is 214 g/mol. The average molecular weight is 231 g/mol. The smallest absolute Gasteiger partial charge is 0.240 e. The fourth-order valence-corrected chi connectivity index (χ4v) is 2.63. The molecule has 0 spiro atoms. The molecule has 0 bridgehead atoms. The lowest BCUT2D eigenvalue weighted by Crippen LogP contribution is -2.34. The molecule has 1 atom stereocenters. The van der Waals surface area contributed by atoms with E-state index in [0.29, 0.717) is 12.5 Å². The zero-order valence-corrected chi connectivity index (χ0v) is 9.78. The molecule has 0 aliphatic carbocycles. The minimum absolute atomic E-state index is 0.110. The van der Waals surface area contributed by atoms with Crippen LogP contribution in [0.4, 0.5) is 5.69 Å². The predicted molar refractivity (Wildman–Crippen MR) is 66.5 cm³/mol. The van der Waals surface area contributed by atoms with Crippen LogP contribution in [0, 0.1) is 0 Å². The molecule has 1 unspecified atom stereocenters. The average Bonchev–Trinajstić information content (AvgIpc) is 3.00. The lowest BCUT2D eigenvalue weighted by atomic mass is 10.0. The lowest BCUT2D eigenvalue weighted by molar-refractivity contribution is -0.119. The Bertz CT molecular complexity index is 426. The van der Waals surface area contributed by atoms with Crippen LogP contribution in [0.3, 0.4) is 0 Å². The number of hydrogen-bond donors (Lipinski definition) is 2. The number of rotatable bonds is 2. The first-order chi connectivity index (χ1) is 8.34. The van der Waals surface area contributed by atoms with E-state index in [4.69, 9.17) is 0 Å². The number of benzene rings is 1. The van der Waals surface area contributed by atoms with Crippen molar-refractivity contribution < 1.29 is 4.79 Å². The molecule has 1 aromatic rings. The Morgan fingerprint density at radius 1 is 1.29 bits per heavy atom. The van der Waals surface area contributed by atoms with Crippen LogP contribution < -0.4 is 15.8 Å². The zero-order chi connectivity index (χ0) is 11.7. The van der Waals surface area contributed by atoms with Crippen LogP contribution in [0.1, 0.15) is 30.9 Å². The highest BCUT2D eigenvalue weighted by molar-refractivity contribution is 5.82. The summed E-state index contributed by atoms with van der Waals surface area (Å²) in [6.07, 6.45) is 3.00. The fourth-order valence-electron chi connectivity index (χ4n) is 2.63. The second-order valence-electron chi connectivity index (χ2n) is 4.64. The molecule has 0 aromatic heterocycles. The Hall–Kier alpha value is -1.55. The summed E-state index contributed by atoms with van der Waals surface area (Å²) in [5.74, 6) is 0.110. The van der Waals surface area contributed by atoms with Gasteiger partial charge in [-0.1, -0.05) is 18.2 Å². The maximum atomic E-state index is 11.3. The fraction of sp³-hybridized carbons (Fsp3) is 0.462. The molecule has 2 N–H and O–H groups in total. The van der Waals surface area contributed by atoms with Gasteiger partial charge in [0.25, 0.3) is 0 Å². The summed E-state index contributed by atoms with van der Waals surface area (Å²) in [7, 11) is 0. The summed E-state index contributed by atoms with van der Waals surface area (Å²) in [6, 6.07) is 8.77. The van der Waals surface area contributed by atoms with Crippen molar-refractivity contribution in [1.82, 2.24) is 10.7 Å². The number of hydrogen-bond acceptors (Lipinski definition) is 3. The van der Waals surface area contributed by atoms with Gasteiger partial charge in [-0.25, -0.2) is 0 Å². The van der Waals surface area contributed by atoms with Crippen LogP contribution >= 0.6 is 0 Å². The quantitative estimate of drug-likeness (QED) is 0.807. The molecular formula is C13H17N3O. The summed E-state index contributed by atoms with van der Waals surface area (Å²) in [5.41, 5.74) is 5.34. The number of nitrogens with zero attached hydrogens (tertiary/aromatic N) is 1. The highest BCUT2D eigenvalue weighted by Gasteiger charge is 2.25. The SMILES string of the molecule is O=C1CCN(c2ccccc2C2CCCN2)N1. The van der Waals surface area contributed by atoms with Crippen LogP contribution in [0.5, 0.6) is 0 Å². The van der Waals surface area contributed by atoms with Gasteiger partial charge in [-0.05, 0) is 31.0 Å². The van der Waals surface area contributed by atoms with E-state index in [0.717, 1.165) is 18.8 Å². The van der Waals surface area contributed by atoms with E-state index in [1.54, 1.807) is 0 Å². The maximum Gasteiger partial charge on any atom is 0.240 e. The highest BCUT2D eigenvalue weighted by Crippen LogP contribution is 2.31. The Kier molecular flexibility index (Phi) is 2.73. The minimum atomic E-state index is 0.110. The topological polar surface area (TPSA) is 44.4 Å². The van der Waals surface area contributed by atoms with Gasteiger partial charge < -0.3 is 5.32 Å². The van der Waals surface area contributed by atoms with Crippen molar-refractivity contribution in [2.24, 2.45) is 0 Å². The van der Waals surface area contributed by atoms with Crippen molar-refractivity contribution in [2.75, 3.05) is 18.1 Å². The van der Waals surface area contributed by atoms with Gasteiger partial charge >= 0.3 is 0 Å². The zero-order valence-electron chi connectivity index (χ0n) is 9.78. The van der Waals surface area contributed by atoms with Crippen LogP contribution in [-0.4, -0.2) is 19.0 Å². The van der Waals surface area contributed by atoms with Crippen molar-refractivity contribution in [3.05, 3.63) is 29.8 Å². The molecule has 0 radical (unpaired) electrons. The van der Waals surface area contributed by atoms with Crippen molar-refractivity contribution in [3.63, 3.8) is 0 Å². The molecule has 1 amide bonds. The van der Waals surface area contributed by atoms with Crippen LogP contribution in [-0.2, 0) is 4.79 Å². The van der Waals surface area contributed by atoms with E-state index in [2.05, 4.69) is 28.9 Å². The van der Waals surface area contributed by atoms with E-state index in [-0.39, 0.29) is 5.91 Å². The molecule has 3 rings (SSSR count). The first-order valence-electron chi connectivity index (χ1n) is 6.24. The third-order valence-corrected chi connectivity index (χ3v) is 3.49. The maximum absolute atomic E-state index is 11.3. The van der Waals surface area contributed by atoms with Gasteiger partial charge in [-0.3, -0.25) is 15.2 Å². The van der Waals surface area contributed by atoms with Crippen molar-refractivity contribution >= 4 is 11.6 Å². The lowest BCUT2D eigenvalue weighted by Gasteiger charge is -2.23. The van der Waals surface area contributed by atoms with Gasteiger partial charge in [0.05, 0.1) is 5.69 Å². The Labute approximate surface area is 101 Å². The van der Waals surface area contributed by atoms with Gasteiger partial charge in [-0.15, -0.1) is 0 Å². The molecule has 2 heterocycles. The molecule has 0 saturated carbocycles. The first kappa shape index (κ1) is 10.6. The predicted octanol–water partition coefficient (Wildman–Crippen LogP) is 1.35. The third kappa shape index (κ3) is 2.00. The van der Waals surface area contributed by atoms with Crippen LogP contribution in [0.2, 0.25) is 0 Å². The number of para-hydroxylation sites is 1. The Morgan fingerprint density at radius 3 is 2.88 bits per heavy atom. The van der Waals surface area contributed by atoms with Crippen molar-refractivity contribution in [1.29, 1.82) is 0 Å². The normalized spacial score (nSPS) is 24.1. The monoisotopic (exact) mass is 231 g/mol. The van der Waals surface area contributed by atoms with E-state index in [9.17, 15) is 4.79 Å². The van der Waals surface area contributed by atoms with Gasteiger partial charge in [0.2, 0.25) is 5.91 Å². The third-order valence-electron chi connectivity index (χ3n) is 3.49. The molecule has 1 aromatic carbocycles. The standard InChI is InChI=1S/C13H17N3O/c17-13-7-9-16(15-13)12-6-2-1-4-10(12)11-5-3-8-14-11/h1-2,4,6,11,14H,3,5,7-9H2,(H,15,17). The van der Waals surface area contributed by atoms with Gasteiger partial charge in [0.15, 0.2) is 0 Å². The second kappa shape index (κ2) is 4.37. The summed E-state index contributed by atoms with van der Waals surface area (Å²) in [6.45, 7) is 1.86. The number of amides is 1. The molecule has 2 saturated heterocycles. The molecule has 90 valence electrons. The van der Waals surface area contributed by atoms with E-state index >= 15 is 0 Å². The number of carbonyl (C=O) groups excluding carboxylic acids is 1. The van der Waals surface area contributed by atoms with Gasteiger partial charge in [0.1, 0.15) is 0 Å². The summed E-state index contributed by atoms with van der Waals surface area (Å²) in [4.78, 5) is 11.3. The molecule has 17 heavy (non-hydrogen) atoms. The minimum Gasteiger partial charge on any atom is -0.310 e. The number of carbonyl (C=O) groups is 1. The van der Waals surface area contributed by atoms with Gasteiger partial charge in [-0.2, -0.15) is 0 Å². The van der Waals surface area contributed by atoms with E-state index < -0.39 is 0 Å². The van der Waals surface area contributed by atoms with E-state index in [1.165, 1.54) is 18.4 Å². The number of hydrazine groups is 1. The summed E-state index contributed by atoms with van der Waals surface area (Å²) < 4.78 is 0.